The molecular weight excluding hydrogens is 202 g/mol. The summed E-state index contributed by atoms with van der Waals surface area (Å²) >= 11 is 0. The Hall–Kier alpha value is -1.22. The zero-order chi connectivity index (χ0) is 11.4. The van der Waals surface area contributed by atoms with Crippen molar-refractivity contribution in [2.45, 2.75) is 19.3 Å². The predicted octanol–water partition coefficient (Wildman–Crippen LogP) is 1.83. The van der Waals surface area contributed by atoms with Crippen LogP contribution >= 0.6 is 0 Å². The lowest BCUT2D eigenvalue weighted by atomic mass is 10.1. The second-order valence-electron chi connectivity index (χ2n) is 4.24. The SMILES string of the molecule is CN(CCCO)c1ccc2c(c1)CCCO2. The summed E-state index contributed by atoms with van der Waals surface area (Å²) in [6.45, 7) is 1.97. The second kappa shape index (κ2) is 5.21. The predicted molar refractivity (Wildman–Crippen MR) is 65.2 cm³/mol. The van der Waals surface area contributed by atoms with Gasteiger partial charge in [-0.15, -0.1) is 0 Å². The van der Waals surface area contributed by atoms with E-state index in [1.54, 1.807) is 0 Å². The molecule has 0 saturated carbocycles. The van der Waals surface area contributed by atoms with E-state index in [-0.39, 0.29) is 6.61 Å². The smallest absolute Gasteiger partial charge is 0.122 e. The molecule has 0 radical (unpaired) electrons. The zero-order valence-electron chi connectivity index (χ0n) is 9.78. The van der Waals surface area contributed by atoms with Gasteiger partial charge >= 0.3 is 0 Å². The highest BCUT2D eigenvalue weighted by atomic mass is 16.5. The first-order chi connectivity index (χ1) is 7.81. The van der Waals surface area contributed by atoms with Gasteiger partial charge in [-0.05, 0) is 43.0 Å². The van der Waals surface area contributed by atoms with Crippen molar-refractivity contribution in [3.63, 3.8) is 0 Å². The molecule has 3 heteroatoms. The Bertz CT molecular complexity index is 352. The minimum Gasteiger partial charge on any atom is -0.493 e. The Labute approximate surface area is 96.6 Å². The van der Waals surface area contributed by atoms with Crippen molar-refractivity contribution in [2.75, 3.05) is 31.7 Å². The lowest BCUT2D eigenvalue weighted by Gasteiger charge is -2.23. The van der Waals surface area contributed by atoms with Crippen molar-refractivity contribution in [2.24, 2.45) is 0 Å². The summed E-state index contributed by atoms with van der Waals surface area (Å²) < 4.78 is 5.58. The van der Waals surface area contributed by atoms with Crippen molar-refractivity contribution in [3.8, 4) is 5.75 Å². The summed E-state index contributed by atoms with van der Waals surface area (Å²) in [6, 6.07) is 6.34. The first kappa shape index (κ1) is 11.3. The molecule has 2 rings (SSSR count). The Balaban J connectivity index is 2.10. The van der Waals surface area contributed by atoms with Crippen molar-refractivity contribution < 1.29 is 9.84 Å². The fourth-order valence-electron chi connectivity index (χ4n) is 2.02. The molecule has 0 bridgehead atoms. The van der Waals surface area contributed by atoms with E-state index >= 15 is 0 Å². The van der Waals surface area contributed by atoms with Crippen LogP contribution in [0.5, 0.6) is 5.75 Å². The third kappa shape index (κ3) is 2.47. The molecule has 16 heavy (non-hydrogen) atoms. The van der Waals surface area contributed by atoms with E-state index in [0.29, 0.717) is 0 Å². The highest BCUT2D eigenvalue weighted by Crippen LogP contribution is 2.28. The van der Waals surface area contributed by atoms with Gasteiger partial charge in [0.1, 0.15) is 5.75 Å². The van der Waals surface area contributed by atoms with Crippen LogP contribution < -0.4 is 9.64 Å². The van der Waals surface area contributed by atoms with Crippen LogP contribution in [0.3, 0.4) is 0 Å². The monoisotopic (exact) mass is 221 g/mol. The largest absolute Gasteiger partial charge is 0.493 e. The fourth-order valence-corrected chi connectivity index (χ4v) is 2.02. The standard InChI is InChI=1S/C13H19NO2/c1-14(7-3-8-15)12-5-6-13-11(10-12)4-2-9-16-13/h5-6,10,15H,2-4,7-9H2,1H3. The number of aryl methyl sites for hydroxylation is 1. The minimum atomic E-state index is 0.248. The molecule has 0 unspecified atom stereocenters. The molecule has 1 aromatic rings. The van der Waals surface area contributed by atoms with Gasteiger partial charge in [0.2, 0.25) is 0 Å². The summed E-state index contributed by atoms with van der Waals surface area (Å²) in [6.07, 6.45) is 3.03. The first-order valence-electron chi connectivity index (χ1n) is 5.89. The molecule has 88 valence electrons. The van der Waals surface area contributed by atoms with Crippen LogP contribution in [0.15, 0.2) is 18.2 Å². The van der Waals surface area contributed by atoms with Gasteiger partial charge < -0.3 is 14.7 Å². The molecule has 1 heterocycles. The first-order valence-corrected chi connectivity index (χ1v) is 5.89. The molecule has 1 aromatic carbocycles. The summed E-state index contributed by atoms with van der Waals surface area (Å²) in [5, 5.41) is 8.81. The van der Waals surface area contributed by atoms with Crippen LogP contribution in [0.25, 0.3) is 0 Å². The van der Waals surface area contributed by atoms with Crippen LogP contribution in [0.1, 0.15) is 18.4 Å². The average Bonchev–Trinajstić information content (AvgIpc) is 2.35. The highest BCUT2D eigenvalue weighted by Gasteiger charge is 2.11. The quantitative estimate of drug-likeness (QED) is 0.842. The van der Waals surface area contributed by atoms with Crippen LogP contribution in [-0.2, 0) is 6.42 Å². The molecule has 0 amide bonds. The van der Waals surface area contributed by atoms with Crippen LogP contribution in [-0.4, -0.2) is 31.9 Å². The number of nitrogens with zero attached hydrogens (tertiary/aromatic N) is 1. The second-order valence-corrected chi connectivity index (χ2v) is 4.24. The lowest BCUT2D eigenvalue weighted by Crippen LogP contribution is -2.20. The molecule has 1 N–H and O–H groups in total. The average molecular weight is 221 g/mol. The van der Waals surface area contributed by atoms with E-state index in [4.69, 9.17) is 9.84 Å². The normalized spacial score (nSPS) is 14.1. The minimum absolute atomic E-state index is 0.248. The third-order valence-electron chi connectivity index (χ3n) is 2.98. The lowest BCUT2D eigenvalue weighted by molar-refractivity contribution is 0.288. The molecule has 0 aliphatic carbocycles. The number of aliphatic hydroxyl groups is 1. The molecule has 0 spiro atoms. The Morgan fingerprint density at radius 3 is 3.12 bits per heavy atom. The number of fused-ring (bicyclic) bond motifs is 1. The summed E-state index contributed by atoms with van der Waals surface area (Å²) in [7, 11) is 2.06. The van der Waals surface area contributed by atoms with E-state index < -0.39 is 0 Å². The molecule has 0 aromatic heterocycles. The van der Waals surface area contributed by atoms with Gasteiger partial charge in [-0.25, -0.2) is 0 Å². The molecule has 0 fully saturated rings. The maximum absolute atomic E-state index is 8.81. The summed E-state index contributed by atoms with van der Waals surface area (Å²) in [5.74, 6) is 1.03. The summed E-state index contributed by atoms with van der Waals surface area (Å²) in [4.78, 5) is 2.17. The number of benzene rings is 1. The van der Waals surface area contributed by atoms with Crippen molar-refractivity contribution in [1.29, 1.82) is 0 Å². The van der Waals surface area contributed by atoms with Gasteiger partial charge in [-0.3, -0.25) is 0 Å². The van der Waals surface area contributed by atoms with E-state index in [2.05, 4.69) is 30.1 Å². The third-order valence-corrected chi connectivity index (χ3v) is 2.98. The van der Waals surface area contributed by atoms with E-state index in [1.807, 2.05) is 0 Å². The van der Waals surface area contributed by atoms with Gasteiger partial charge in [-0.2, -0.15) is 0 Å². The number of hydrogen-bond acceptors (Lipinski definition) is 3. The molecule has 1 aliphatic rings. The Kier molecular flexibility index (Phi) is 3.67. The van der Waals surface area contributed by atoms with Crippen molar-refractivity contribution in [1.82, 2.24) is 0 Å². The molecular formula is C13H19NO2. The molecule has 0 saturated heterocycles. The number of rotatable bonds is 4. The molecule has 3 nitrogen and oxygen atoms in total. The van der Waals surface area contributed by atoms with Gasteiger partial charge in [-0.1, -0.05) is 0 Å². The number of aliphatic hydroxyl groups excluding tert-OH is 1. The Morgan fingerprint density at radius 1 is 1.44 bits per heavy atom. The number of anilines is 1. The van der Waals surface area contributed by atoms with E-state index in [0.717, 1.165) is 38.2 Å². The van der Waals surface area contributed by atoms with Gasteiger partial charge in [0.05, 0.1) is 6.61 Å². The maximum atomic E-state index is 8.81. The number of ether oxygens (including phenoxy) is 1. The van der Waals surface area contributed by atoms with E-state index in [9.17, 15) is 0 Å². The molecule has 1 aliphatic heterocycles. The highest BCUT2D eigenvalue weighted by molar-refractivity contribution is 5.53. The van der Waals surface area contributed by atoms with Gasteiger partial charge in [0, 0.05) is 25.9 Å². The zero-order valence-corrected chi connectivity index (χ0v) is 9.78. The van der Waals surface area contributed by atoms with Crippen molar-refractivity contribution in [3.05, 3.63) is 23.8 Å². The topological polar surface area (TPSA) is 32.7 Å². The molecule has 0 atom stereocenters. The van der Waals surface area contributed by atoms with Gasteiger partial charge in [0.15, 0.2) is 0 Å². The summed E-state index contributed by atoms with van der Waals surface area (Å²) in [5.41, 5.74) is 2.51. The fraction of sp³-hybridized carbons (Fsp3) is 0.538. The van der Waals surface area contributed by atoms with Crippen LogP contribution in [0.2, 0.25) is 0 Å². The van der Waals surface area contributed by atoms with E-state index in [1.165, 1.54) is 11.3 Å². The maximum Gasteiger partial charge on any atom is 0.122 e. The van der Waals surface area contributed by atoms with Crippen LogP contribution in [0, 0.1) is 0 Å². The Morgan fingerprint density at radius 2 is 2.31 bits per heavy atom. The van der Waals surface area contributed by atoms with Crippen molar-refractivity contribution >= 4 is 5.69 Å². The van der Waals surface area contributed by atoms with Crippen LogP contribution in [0.4, 0.5) is 5.69 Å². The van der Waals surface area contributed by atoms with Gasteiger partial charge in [0.25, 0.3) is 0 Å². The number of hydrogen-bond donors (Lipinski definition) is 1.